The first kappa shape index (κ1) is 23.8. The number of fused-ring (bicyclic) bond motifs is 1. The van der Waals surface area contributed by atoms with Crippen LogP contribution < -0.4 is 20.3 Å². The average molecular weight is 498 g/mol. The maximum atomic E-state index is 13.3. The van der Waals surface area contributed by atoms with Crippen LogP contribution in [-0.4, -0.2) is 36.2 Å². The fraction of sp³-hybridized carbons (Fsp3) is 0.240. The maximum Gasteiger partial charge on any atom is 0.263 e. The molecule has 0 aliphatic carbocycles. The lowest BCUT2D eigenvalue weighted by atomic mass is 10.1. The molecule has 4 aromatic rings. The van der Waals surface area contributed by atoms with Crippen LogP contribution in [0.1, 0.15) is 18.5 Å². The third-order valence-electron chi connectivity index (χ3n) is 5.63. The number of carbonyl (C=O) groups excluding carboxylic acids is 1. The van der Waals surface area contributed by atoms with Crippen molar-refractivity contribution in [3.63, 3.8) is 0 Å². The number of hydrogen-bond donors (Lipinski definition) is 1. The highest BCUT2D eigenvalue weighted by Gasteiger charge is 2.20. The zero-order chi connectivity index (χ0) is 24.2. The number of amides is 1. The van der Waals surface area contributed by atoms with E-state index in [4.69, 9.17) is 21.1 Å². The Morgan fingerprint density at radius 3 is 2.59 bits per heavy atom. The minimum atomic E-state index is -0.715. The second-order valence-electron chi connectivity index (χ2n) is 7.70. The van der Waals surface area contributed by atoms with E-state index in [1.807, 2.05) is 35.7 Å². The lowest BCUT2D eigenvalue weighted by Crippen LogP contribution is -2.36. The molecule has 0 radical (unpaired) electrons. The lowest BCUT2D eigenvalue weighted by Gasteiger charge is -2.15. The van der Waals surface area contributed by atoms with Crippen LogP contribution in [0.3, 0.4) is 0 Å². The van der Waals surface area contributed by atoms with Crippen LogP contribution in [-0.2, 0) is 11.2 Å². The fourth-order valence-corrected chi connectivity index (χ4v) is 4.74. The predicted octanol–water partition coefficient (Wildman–Crippen LogP) is 4.72. The summed E-state index contributed by atoms with van der Waals surface area (Å²) >= 11 is 7.40. The zero-order valence-corrected chi connectivity index (χ0v) is 20.6. The zero-order valence-electron chi connectivity index (χ0n) is 19.0. The molecule has 0 saturated carbocycles. The van der Waals surface area contributed by atoms with Gasteiger partial charge in [0.1, 0.15) is 10.9 Å². The number of thiophene rings is 1. The van der Waals surface area contributed by atoms with Crippen molar-refractivity contribution < 1.29 is 14.3 Å². The molecule has 1 amide bonds. The van der Waals surface area contributed by atoms with Gasteiger partial charge in [0, 0.05) is 22.5 Å². The van der Waals surface area contributed by atoms with E-state index in [0.717, 1.165) is 16.7 Å². The number of rotatable bonds is 8. The molecule has 9 heteroatoms. The van der Waals surface area contributed by atoms with Gasteiger partial charge in [-0.3, -0.25) is 14.2 Å². The molecule has 2 heterocycles. The van der Waals surface area contributed by atoms with Crippen molar-refractivity contribution in [1.82, 2.24) is 14.9 Å². The summed E-state index contributed by atoms with van der Waals surface area (Å²) in [6.45, 7) is 2.10. The van der Waals surface area contributed by atoms with Crippen LogP contribution in [0, 0.1) is 0 Å². The molecule has 0 aliphatic rings. The minimum Gasteiger partial charge on any atom is -0.493 e. The Morgan fingerprint density at radius 1 is 1.15 bits per heavy atom. The molecular weight excluding hydrogens is 474 g/mol. The number of hydrogen-bond acceptors (Lipinski definition) is 6. The second kappa shape index (κ2) is 10.3. The number of benzene rings is 2. The van der Waals surface area contributed by atoms with Crippen molar-refractivity contribution in [2.75, 3.05) is 20.8 Å². The average Bonchev–Trinajstić information content (AvgIpc) is 3.29. The van der Waals surface area contributed by atoms with Crippen LogP contribution in [0.2, 0.25) is 5.02 Å². The monoisotopic (exact) mass is 497 g/mol. The van der Waals surface area contributed by atoms with E-state index in [1.165, 1.54) is 22.2 Å². The van der Waals surface area contributed by atoms with Crippen molar-refractivity contribution in [3.8, 4) is 22.6 Å². The molecule has 1 N–H and O–H groups in total. The summed E-state index contributed by atoms with van der Waals surface area (Å²) in [5, 5.41) is 5.93. The van der Waals surface area contributed by atoms with E-state index in [2.05, 4.69) is 10.3 Å². The number of nitrogens with one attached hydrogen (secondary N) is 1. The molecule has 0 aliphatic heterocycles. The SMILES string of the molecule is COc1ccc(CCNC(=O)C(C)n2cnc3scc(-c4ccc(Cl)cc4)c3c2=O)cc1OC. The van der Waals surface area contributed by atoms with Gasteiger partial charge < -0.3 is 14.8 Å². The number of halogens is 1. The quantitative estimate of drug-likeness (QED) is 0.381. The van der Waals surface area contributed by atoms with Gasteiger partial charge in [-0.2, -0.15) is 0 Å². The van der Waals surface area contributed by atoms with Gasteiger partial charge in [-0.15, -0.1) is 11.3 Å². The first-order valence-electron chi connectivity index (χ1n) is 10.7. The summed E-state index contributed by atoms with van der Waals surface area (Å²) in [5.41, 5.74) is 2.40. The van der Waals surface area contributed by atoms with Gasteiger partial charge in [-0.1, -0.05) is 29.8 Å². The summed E-state index contributed by atoms with van der Waals surface area (Å²) in [6, 6.07) is 12.2. The predicted molar refractivity (Wildman–Crippen MR) is 135 cm³/mol. The summed E-state index contributed by atoms with van der Waals surface area (Å²) in [6.07, 6.45) is 2.04. The molecule has 1 unspecified atom stereocenters. The van der Waals surface area contributed by atoms with E-state index >= 15 is 0 Å². The van der Waals surface area contributed by atoms with Crippen LogP contribution in [0.15, 0.2) is 59.0 Å². The van der Waals surface area contributed by atoms with Gasteiger partial charge in [-0.25, -0.2) is 4.98 Å². The number of nitrogens with zero attached hydrogens (tertiary/aromatic N) is 2. The Bertz CT molecular complexity index is 1380. The van der Waals surface area contributed by atoms with Gasteiger partial charge in [0.25, 0.3) is 5.56 Å². The van der Waals surface area contributed by atoms with E-state index in [1.54, 1.807) is 33.3 Å². The summed E-state index contributed by atoms with van der Waals surface area (Å²) in [7, 11) is 3.17. The van der Waals surface area contributed by atoms with Crippen molar-refractivity contribution >= 4 is 39.1 Å². The summed E-state index contributed by atoms with van der Waals surface area (Å²) in [5.74, 6) is 1.03. The first-order valence-corrected chi connectivity index (χ1v) is 11.9. The number of ether oxygens (including phenoxy) is 2. The standard InChI is InChI=1S/C25H24ClN3O4S/c1-15(23(30)27-11-10-16-4-9-20(32-2)21(12-16)33-3)29-14-28-24-22(25(29)31)19(13-34-24)17-5-7-18(26)8-6-17/h4-9,12-15H,10-11H2,1-3H3,(H,27,30). The molecule has 1 atom stereocenters. The maximum absolute atomic E-state index is 13.3. The minimum absolute atomic E-state index is 0.251. The molecule has 7 nitrogen and oxygen atoms in total. The van der Waals surface area contributed by atoms with Gasteiger partial charge in [0.2, 0.25) is 5.91 Å². The molecule has 2 aromatic carbocycles. The van der Waals surface area contributed by atoms with Crippen LogP contribution in [0.5, 0.6) is 11.5 Å². The number of methoxy groups -OCH3 is 2. The van der Waals surface area contributed by atoms with Gasteiger partial charge in [-0.05, 0) is 48.7 Å². The normalized spacial score (nSPS) is 11.9. The highest BCUT2D eigenvalue weighted by Crippen LogP contribution is 2.31. The van der Waals surface area contributed by atoms with E-state index in [0.29, 0.717) is 39.7 Å². The highest BCUT2D eigenvalue weighted by atomic mass is 35.5. The smallest absolute Gasteiger partial charge is 0.263 e. The molecule has 4 rings (SSSR count). The molecule has 176 valence electrons. The third kappa shape index (κ3) is 4.78. The van der Waals surface area contributed by atoms with E-state index < -0.39 is 6.04 Å². The van der Waals surface area contributed by atoms with Crippen molar-refractivity contribution in [3.05, 3.63) is 75.1 Å². The highest BCUT2D eigenvalue weighted by molar-refractivity contribution is 7.17. The molecule has 34 heavy (non-hydrogen) atoms. The third-order valence-corrected chi connectivity index (χ3v) is 6.77. The lowest BCUT2D eigenvalue weighted by molar-refractivity contribution is -0.123. The van der Waals surface area contributed by atoms with E-state index in [9.17, 15) is 9.59 Å². The van der Waals surface area contributed by atoms with Crippen molar-refractivity contribution in [2.24, 2.45) is 0 Å². The summed E-state index contributed by atoms with van der Waals surface area (Å²) in [4.78, 5) is 31.2. The van der Waals surface area contributed by atoms with Gasteiger partial charge in [0.15, 0.2) is 11.5 Å². The molecule has 0 bridgehead atoms. The topological polar surface area (TPSA) is 82.5 Å². The Balaban J connectivity index is 1.50. The second-order valence-corrected chi connectivity index (χ2v) is 8.99. The Kier molecular flexibility index (Phi) is 7.19. The van der Waals surface area contributed by atoms with Crippen molar-refractivity contribution in [2.45, 2.75) is 19.4 Å². The van der Waals surface area contributed by atoms with Crippen LogP contribution >= 0.6 is 22.9 Å². The summed E-state index contributed by atoms with van der Waals surface area (Å²) < 4.78 is 12.0. The van der Waals surface area contributed by atoms with Crippen LogP contribution in [0.25, 0.3) is 21.3 Å². The molecule has 0 fully saturated rings. The van der Waals surface area contributed by atoms with Crippen LogP contribution in [0.4, 0.5) is 0 Å². The fourth-order valence-electron chi connectivity index (χ4n) is 3.70. The largest absolute Gasteiger partial charge is 0.493 e. The molecular formula is C25H24ClN3O4S. The number of aromatic nitrogens is 2. The van der Waals surface area contributed by atoms with Crippen molar-refractivity contribution in [1.29, 1.82) is 0 Å². The van der Waals surface area contributed by atoms with Gasteiger partial charge in [0.05, 0.1) is 25.9 Å². The number of carbonyl (C=O) groups is 1. The molecule has 0 spiro atoms. The Hall–Kier alpha value is -3.36. The van der Waals surface area contributed by atoms with E-state index in [-0.39, 0.29) is 11.5 Å². The Labute approximate surface area is 205 Å². The molecule has 2 aromatic heterocycles. The Morgan fingerprint density at radius 2 is 1.88 bits per heavy atom. The van der Waals surface area contributed by atoms with Gasteiger partial charge >= 0.3 is 0 Å². The molecule has 0 saturated heterocycles. The first-order chi connectivity index (χ1) is 16.4.